The number of nitrogens with two attached hydrogens (primary N) is 1. The molecule has 0 aliphatic rings. The third-order valence-electron chi connectivity index (χ3n) is 3.17. The molecule has 8 heteroatoms. The quantitative estimate of drug-likeness (QED) is 0.736. The van der Waals surface area contributed by atoms with Crippen LogP contribution < -0.4 is 15.8 Å². The van der Waals surface area contributed by atoms with Gasteiger partial charge in [0.05, 0.1) is 11.1 Å². The standard InChI is InChI=1S/C16H14N6O2/c1-18-16-21-9-20-14(22-16)11-6-4-8-19-15(11)24-12-7-3-2-5-10(12)13(17)23/h2-9H,1H3,(H2,17,23)(H,18,20,21,22). The maximum Gasteiger partial charge on any atom is 0.252 e. The second-order valence-corrected chi connectivity index (χ2v) is 4.70. The Morgan fingerprint density at radius 2 is 1.96 bits per heavy atom. The first-order chi connectivity index (χ1) is 11.7. The van der Waals surface area contributed by atoms with Crippen molar-refractivity contribution in [3.63, 3.8) is 0 Å². The van der Waals surface area contributed by atoms with Gasteiger partial charge in [0.1, 0.15) is 12.1 Å². The summed E-state index contributed by atoms with van der Waals surface area (Å²) in [6.45, 7) is 0. The van der Waals surface area contributed by atoms with E-state index in [0.29, 0.717) is 23.1 Å². The lowest BCUT2D eigenvalue weighted by molar-refractivity contribution is 0.0998. The fourth-order valence-electron chi connectivity index (χ4n) is 2.05. The number of amides is 1. The SMILES string of the molecule is CNc1ncnc(-c2cccnc2Oc2ccccc2C(N)=O)n1. The molecule has 120 valence electrons. The van der Waals surface area contributed by atoms with Gasteiger partial charge in [-0.15, -0.1) is 0 Å². The van der Waals surface area contributed by atoms with E-state index in [1.807, 2.05) is 0 Å². The van der Waals surface area contributed by atoms with Crippen LogP contribution in [0.5, 0.6) is 11.6 Å². The highest BCUT2D eigenvalue weighted by atomic mass is 16.5. The molecule has 0 aliphatic carbocycles. The number of rotatable bonds is 5. The number of carbonyl (C=O) groups is 1. The van der Waals surface area contributed by atoms with Crippen molar-refractivity contribution in [2.45, 2.75) is 0 Å². The van der Waals surface area contributed by atoms with Gasteiger partial charge in [0.2, 0.25) is 11.8 Å². The highest BCUT2D eigenvalue weighted by Gasteiger charge is 2.15. The van der Waals surface area contributed by atoms with Gasteiger partial charge >= 0.3 is 0 Å². The largest absolute Gasteiger partial charge is 0.437 e. The van der Waals surface area contributed by atoms with E-state index in [9.17, 15) is 4.79 Å². The zero-order valence-corrected chi connectivity index (χ0v) is 12.8. The number of hydrogen-bond donors (Lipinski definition) is 2. The highest BCUT2D eigenvalue weighted by Crippen LogP contribution is 2.30. The Morgan fingerprint density at radius 1 is 1.12 bits per heavy atom. The van der Waals surface area contributed by atoms with Crippen molar-refractivity contribution in [3.05, 3.63) is 54.5 Å². The predicted octanol–water partition coefficient (Wildman–Crippen LogP) is 1.87. The summed E-state index contributed by atoms with van der Waals surface area (Å²) in [4.78, 5) is 28.1. The minimum atomic E-state index is -0.583. The third-order valence-corrected chi connectivity index (χ3v) is 3.17. The van der Waals surface area contributed by atoms with Gasteiger partial charge < -0.3 is 15.8 Å². The second-order valence-electron chi connectivity index (χ2n) is 4.70. The summed E-state index contributed by atoms with van der Waals surface area (Å²) in [6.07, 6.45) is 2.97. The summed E-state index contributed by atoms with van der Waals surface area (Å²) >= 11 is 0. The van der Waals surface area contributed by atoms with Crippen molar-refractivity contribution < 1.29 is 9.53 Å². The van der Waals surface area contributed by atoms with Crippen LogP contribution in [0.3, 0.4) is 0 Å². The van der Waals surface area contributed by atoms with Crippen LogP contribution in [0.4, 0.5) is 5.95 Å². The van der Waals surface area contributed by atoms with Gasteiger partial charge in [0.25, 0.3) is 5.91 Å². The zero-order valence-electron chi connectivity index (χ0n) is 12.8. The van der Waals surface area contributed by atoms with Crippen LogP contribution in [0, 0.1) is 0 Å². The van der Waals surface area contributed by atoms with Crippen LogP contribution in [0.1, 0.15) is 10.4 Å². The third kappa shape index (κ3) is 3.12. The summed E-state index contributed by atoms with van der Waals surface area (Å²) in [5.74, 6) is 0.814. The Labute approximate surface area is 137 Å². The molecule has 0 saturated carbocycles. The molecule has 3 N–H and O–H groups in total. The van der Waals surface area contributed by atoms with E-state index < -0.39 is 5.91 Å². The maximum atomic E-state index is 11.5. The number of aromatic nitrogens is 4. The Hall–Kier alpha value is -3.55. The summed E-state index contributed by atoms with van der Waals surface area (Å²) in [7, 11) is 1.71. The number of primary amides is 1. The summed E-state index contributed by atoms with van der Waals surface area (Å²) in [5.41, 5.74) is 6.20. The number of para-hydroxylation sites is 1. The van der Waals surface area contributed by atoms with Gasteiger partial charge in [-0.05, 0) is 24.3 Å². The van der Waals surface area contributed by atoms with Gasteiger partial charge in [-0.3, -0.25) is 4.79 Å². The molecule has 3 rings (SSSR count). The number of carbonyl (C=O) groups excluding carboxylic acids is 1. The van der Waals surface area contributed by atoms with E-state index >= 15 is 0 Å². The van der Waals surface area contributed by atoms with Gasteiger partial charge in [-0.1, -0.05) is 12.1 Å². The Kier molecular flexibility index (Phi) is 4.28. The fraction of sp³-hybridized carbons (Fsp3) is 0.0625. The van der Waals surface area contributed by atoms with Gasteiger partial charge in [-0.2, -0.15) is 4.98 Å². The molecule has 8 nitrogen and oxygen atoms in total. The van der Waals surface area contributed by atoms with Crippen LogP contribution in [-0.2, 0) is 0 Å². The lowest BCUT2D eigenvalue weighted by atomic mass is 10.2. The van der Waals surface area contributed by atoms with Crippen LogP contribution in [0.25, 0.3) is 11.4 Å². The van der Waals surface area contributed by atoms with Crippen molar-refractivity contribution in [1.82, 2.24) is 19.9 Å². The number of ether oxygens (including phenoxy) is 1. The fourth-order valence-corrected chi connectivity index (χ4v) is 2.05. The molecule has 0 fully saturated rings. The smallest absolute Gasteiger partial charge is 0.252 e. The molecular weight excluding hydrogens is 308 g/mol. The molecule has 2 aromatic heterocycles. The monoisotopic (exact) mass is 322 g/mol. The van der Waals surface area contributed by atoms with Gasteiger partial charge in [0, 0.05) is 13.2 Å². The molecule has 3 aromatic rings. The Morgan fingerprint density at radius 3 is 2.75 bits per heavy atom. The Balaban J connectivity index is 2.03. The molecular formula is C16H14N6O2. The number of nitrogens with one attached hydrogen (secondary N) is 1. The summed E-state index contributed by atoms with van der Waals surface area (Å²) in [5, 5.41) is 2.85. The molecule has 0 atom stereocenters. The first kappa shape index (κ1) is 15.3. The highest BCUT2D eigenvalue weighted by molar-refractivity contribution is 5.95. The van der Waals surface area contributed by atoms with Gasteiger partial charge in [0.15, 0.2) is 5.82 Å². The second kappa shape index (κ2) is 6.69. The van der Waals surface area contributed by atoms with E-state index in [2.05, 4.69) is 25.3 Å². The zero-order chi connectivity index (χ0) is 16.9. The van der Waals surface area contributed by atoms with Crippen molar-refractivity contribution in [1.29, 1.82) is 0 Å². The number of nitrogens with zero attached hydrogens (tertiary/aromatic N) is 4. The van der Waals surface area contributed by atoms with E-state index in [0.717, 1.165) is 0 Å². The molecule has 24 heavy (non-hydrogen) atoms. The van der Waals surface area contributed by atoms with Crippen LogP contribution in [0.15, 0.2) is 48.9 Å². The molecule has 2 heterocycles. The predicted molar refractivity (Wildman–Crippen MR) is 87.6 cm³/mol. The molecule has 0 bridgehead atoms. The van der Waals surface area contributed by atoms with E-state index in [-0.39, 0.29) is 11.4 Å². The number of pyridine rings is 1. The number of hydrogen-bond acceptors (Lipinski definition) is 7. The maximum absolute atomic E-state index is 11.5. The normalized spacial score (nSPS) is 10.2. The van der Waals surface area contributed by atoms with E-state index in [1.54, 1.807) is 49.6 Å². The van der Waals surface area contributed by atoms with Gasteiger partial charge in [-0.25, -0.2) is 15.0 Å². The van der Waals surface area contributed by atoms with Crippen LogP contribution >= 0.6 is 0 Å². The van der Waals surface area contributed by atoms with Crippen molar-refractivity contribution in [2.75, 3.05) is 12.4 Å². The molecule has 1 aromatic carbocycles. The average Bonchev–Trinajstić information content (AvgIpc) is 2.62. The first-order valence-corrected chi connectivity index (χ1v) is 7.08. The topological polar surface area (TPSA) is 116 Å². The van der Waals surface area contributed by atoms with Crippen molar-refractivity contribution in [3.8, 4) is 23.0 Å². The molecule has 0 unspecified atom stereocenters. The van der Waals surface area contributed by atoms with Crippen LogP contribution in [-0.4, -0.2) is 32.9 Å². The average molecular weight is 322 g/mol. The molecule has 0 aliphatic heterocycles. The van der Waals surface area contributed by atoms with E-state index in [4.69, 9.17) is 10.5 Å². The van der Waals surface area contributed by atoms with E-state index in [1.165, 1.54) is 6.33 Å². The number of anilines is 1. The molecule has 0 radical (unpaired) electrons. The van der Waals surface area contributed by atoms with Crippen molar-refractivity contribution >= 4 is 11.9 Å². The first-order valence-electron chi connectivity index (χ1n) is 7.08. The summed E-state index contributed by atoms with van der Waals surface area (Å²) in [6, 6.07) is 10.2. The number of benzene rings is 1. The minimum absolute atomic E-state index is 0.263. The molecule has 0 saturated heterocycles. The van der Waals surface area contributed by atoms with Crippen molar-refractivity contribution in [2.24, 2.45) is 5.73 Å². The molecule has 1 amide bonds. The lowest BCUT2D eigenvalue weighted by Gasteiger charge is -2.11. The minimum Gasteiger partial charge on any atom is -0.437 e. The van der Waals surface area contributed by atoms with Crippen LogP contribution in [0.2, 0.25) is 0 Å². The molecule has 0 spiro atoms. The Bertz CT molecular complexity index is 884. The lowest BCUT2D eigenvalue weighted by Crippen LogP contribution is -2.12. The summed E-state index contributed by atoms with van der Waals surface area (Å²) < 4.78 is 5.80.